The first kappa shape index (κ1) is 5.98. The molecule has 4 nitrogen and oxygen atoms in total. The fourth-order valence-electron chi connectivity index (χ4n) is 0.121. The standard InChI is InChI=1S/C3H5N3O/c1-2-4-3-5-6-7/h2H2,1H3. The van der Waals surface area contributed by atoms with Crippen LogP contribution >= 0.6 is 0 Å². The lowest BCUT2D eigenvalue weighted by atomic mass is 10.8. The van der Waals surface area contributed by atoms with Crippen molar-refractivity contribution in [2.75, 3.05) is 6.54 Å². The Balaban J connectivity index is 3.40. The van der Waals surface area contributed by atoms with E-state index >= 15 is 0 Å². The Bertz CT molecular complexity index is 103. The summed E-state index contributed by atoms with van der Waals surface area (Å²) in [5, 5.41) is 4.96. The van der Waals surface area contributed by atoms with Crippen molar-refractivity contribution in [3.05, 3.63) is 4.91 Å². The molecule has 0 fully saturated rings. The zero-order valence-electron chi connectivity index (χ0n) is 3.96. The Morgan fingerprint density at radius 3 is 2.86 bits per heavy atom. The summed E-state index contributed by atoms with van der Waals surface area (Å²) in [4.78, 5) is 12.6. The highest BCUT2D eigenvalue weighted by Gasteiger charge is 1.56. The summed E-state index contributed by atoms with van der Waals surface area (Å²) in [5.74, 6) is 0. The summed E-state index contributed by atoms with van der Waals surface area (Å²) in [6.45, 7) is 2.40. The third kappa shape index (κ3) is 4.98. The highest BCUT2D eigenvalue weighted by Crippen LogP contribution is 1.61. The van der Waals surface area contributed by atoms with Crippen LogP contribution in [-0.2, 0) is 0 Å². The van der Waals surface area contributed by atoms with Crippen LogP contribution in [0.2, 0.25) is 0 Å². The van der Waals surface area contributed by atoms with Crippen molar-refractivity contribution in [2.24, 2.45) is 15.4 Å². The minimum Gasteiger partial charge on any atom is -0.224 e. The van der Waals surface area contributed by atoms with E-state index < -0.39 is 0 Å². The van der Waals surface area contributed by atoms with Crippen LogP contribution in [0.25, 0.3) is 0 Å². The van der Waals surface area contributed by atoms with Crippen molar-refractivity contribution in [2.45, 2.75) is 6.92 Å². The van der Waals surface area contributed by atoms with Gasteiger partial charge >= 0.3 is 0 Å². The quantitative estimate of drug-likeness (QED) is 0.288. The summed E-state index contributed by atoms with van der Waals surface area (Å²) >= 11 is 0. The number of rotatable bonds is 2. The normalized spacial score (nSPS) is 6.43. The first-order valence-electron chi connectivity index (χ1n) is 1.85. The predicted molar refractivity (Wildman–Crippen MR) is 26.2 cm³/mol. The molecule has 4 heteroatoms. The summed E-state index contributed by atoms with van der Waals surface area (Å²) in [7, 11) is 0. The second-order valence-electron chi connectivity index (χ2n) is 0.756. The molecule has 0 aliphatic heterocycles. The molecule has 0 aromatic carbocycles. The van der Waals surface area contributed by atoms with Crippen molar-refractivity contribution in [3.8, 4) is 0 Å². The van der Waals surface area contributed by atoms with E-state index in [4.69, 9.17) is 4.91 Å². The molecule has 0 rings (SSSR count). The van der Waals surface area contributed by atoms with Gasteiger partial charge in [0.2, 0.25) is 0 Å². The summed E-state index contributed by atoms with van der Waals surface area (Å²) in [6.07, 6.45) is 0. The van der Waals surface area contributed by atoms with Crippen LogP contribution in [0.4, 0.5) is 0 Å². The Hall–Kier alpha value is -1.02. The third-order valence-corrected chi connectivity index (χ3v) is 0.314. The number of hydrogen-bond acceptors (Lipinski definition) is 3. The predicted octanol–water partition coefficient (Wildman–Crippen LogP) is 0.862. The molecule has 0 saturated heterocycles. The van der Waals surface area contributed by atoms with Gasteiger partial charge in [0.05, 0.1) is 5.29 Å². The summed E-state index contributed by atoms with van der Waals surface area (Å²) in [5.41, 5.74) is 0. The van der Waals surface area contributed by atoms with Gasteiger partial charge in [0.1, 0.15) is 6.01 Å². The first-order chi connectivity index (χ1) is 3.41. The van der Waals surface area contributed by atoms with Crippen molar-refractivity contribution in [1.29, 1.82) is 0 Å². The molecule has 0 aromatic heterocycles. The summed E-state index contributed by atoms with van der Waals surface area (Å²) < 4.78 is 0. The van der Waals surface area contributed by atoms with E-state index in [2.05, 4.69) is 21.4 Å². The molecule has 0 radical (unpaired) electrons. The van der Waals surface area contributed by atoms with E-state index in [9.17, 15) is 0 Å². The molecule has 0 saturated carbocycles. The van der Waals surface area contributed by atoms with Crippen LogP contribution in [0.3, 0.4) is 0 Å². The average Bonchev–Trinajstić information content (AvgIpc) is 1.69. The molecule has 0 heterocycles. The Morgan fingerprint density at radius 1 is 1.71 bits per heavy atom. The lowest BCUT2D eigenvalue weighted by Gasteiger charge is -1.62. The second kappa shape index (κ2) is 4.98. The SMILES string of the molecule is CCN=C=NN=O. The molecule has 0 aliphatic carbocycles. The molecule has 0 aliphatic rings. The van der Waals surface area contributed by atoms with Crippen molar-refractivity contribution < 1.29 is 0 Å². The van der Waals surface area contributed by atoms with Gasteiger partial charge in [-0.15, -0.1) is 4.91 Å². The number of nitrogens with zero attached hydrogens (tertiary/aromatic N) is 3. The topological polar surface area (TPSA) is 54.1 Å². The molecule has 0 unspecified atom stereocenters. The molecule has 0 bridgehead atoms. The fraction of sp³-hybridized carbons (Fsp3) is 0.667. The van der Waals surface area contributed by atoms with E-state index in [1.807, 2.05) is 6.92 Å². The summed E-state index contributed by atoms with van der Waals surface area (Å²) in [6, 6.07) is 2.06. The van der Waals surface area contributed by atoms with Crippen LogP contribution in [0, 0.1) is 4.91 Å². The molecule has 0 aromatic rings. The Kier molecular flexibility index (Phi) is 4.25. The average molecular weight is 99.1 g/mol. The molecular weight excluding hydrogens is 94.1 g/mol. The lowest BCUT2D eigenvalue weighted by molar-refractivity contribution is 1.13. The Morgan fingerprint density at radius 2 is 2.43 bits per heavy atom. The number of nitroso groups, excluding NO2 is 1. The third-order valence-electron chi connectivity index (χ3n) is 0.314. The van der Waals surface area contributed by atoms with Gasteiger partial charge in [0.15, 0.2) is 0 Å². The van der Waals surface area contributed by atoms with Gasteiger partial charge in [0.25, 0.3) is 0 Å². The number of hydrogen-bond donors (Lipinski definition) is 0. The van der Waals surface area contributed by atoms with Gasteiger partial charge in [-0.05, 0) is 12.0 Å². The minimum atomic E-state index is 0.582. The van der Waals surface area contributed by atoms with E-state index in [-0.39, 0.29) is 0 Å². The molecule has 38 valence electrons. The van der Waals surface area contributed by atoms with Crippen molar-refractivity contribution in [1.82, 2.24) is 0 Å². The van der Waals surface area contributed by atoms with Crippen molar-refractivity contribution >= 4 is 6.01 Å². The van der Waals surface area contributed by atoms with Crippen LogP contribution < -0.4 is 0 Å². The van der Waals surface area contributed by atoms with Gasteiger partial charge in [-0.2, -0.15) is 0 Å². The molecule has 0 amide bonds. The van der Waals surface area contributed by atoms with Crippen LogP contribution in [0.5, 0.6) is 0 Å². The largest absolute Gasteiger partial charge is 0.224 e. The fourth-order valence-corrected chi connectivity index (χ4v) is 0.121. The van der Waals surface area contributed by atoms with Crippen LogP contribution in [0.15, 0.2) is 15.4 Å². The molecule has 7 heavy (non-hydrogen) atoms. The second-order valence-corrected chi connectivity index (χ2v) is 0.756. The highest BCUT2D eigenvalue weighted by atomic mass is 16.3. The first-order valence-corrected chi connectivity index (χ1v) is 1.85. The number of aliphatic imine (C=N–C) groups is 1. The van der Waals surface area contributed by atoms with Gasteiger partial charge in [-0.3, -0.25) is 0 Å². The minimum absolute atomic E-state index is 0.582. The van der Waals surface area contributed by atoms with Crippen molar-refractivity contribution in [3.63, 3.8) is 0 Å². The van der Waals surface area contributed by atoms with Crippen LogP contribution in [-0.4, -0.2) is 12.6 Å². The molecule has 0 spiro atoms. The van der Waals surface area contributed by atoms with Gasteiger partial charge in [-0.25, -0.2) is 4.99 Å². The van der Waals surface area contributed by atoms with E-state index in [1.165, 1.54) is 0 Å². The van der Waals surface area contributed by atoms with E-state index in [0.717, 1.165) is 0 Å². The maximum absolute atomic E-state index is 9.14. The molecule has 0 atom stereocenters. The van der Waals surface area contributed by atoms with Gasteiger partial charge in [-0.1, -0.05) is 0 Å². The van der Waals surface area contributed by atoms with Gasteiger partial charge < -0.3 is 0 Å². The molecular formula is C3H5N3O. The molecule has 0 N–H and O–H groups in total. The smallest absolute Gasteiger partial charge is 0.120 e. The zero-order valence-corrected chi connectivity index (χ0v) is 3.96. The highest BCUT2D eigenvalue weighted by molar-refractivity contribution is 5.40. The van der Waals surface area contributed by atoms with E-state index in [1.54, 1.807) is 0 Å². The van der Waals surface area contributed by atoms with E-state index in [0.29, 0.717) is 6.54 Å². The lowest BCUT2D eigenvalue weighted by Crippen LogP contribution is -1.60. The van der Waals surface area contributed by atoms with Crippen LogP contribution in [0.1, 0.15) is 6.92 Å². The maximum Gasteiger partial charge on any atom is 0.120 e. The monoisotopic (exact) mass is 99.0 g/mol. The Labute approximate surface area is 40.9 Å². The van der Waals surface area contributed by atoms with Gasteiger partial charge in [0, 0.05) is 6.54 Å². The maximum atomic E-state index is 9.14. The zero-order chi connectivity index (χ0) is 5.54.